The van der Waals surface area contributed by atoms with E-state index in [2.05, 4.69) is 40.0 Å². The minimum Gasteiger partial charge on any atom is -0.358 e. The fourth-order valence-corrected chi connectivity index (χ4v) is 4.25. The molecule has 1 heterocycles. The Bertz CT molecular complexity index is 814. The zero-order chi connectivity index (χ0) is 20.7. The van der Waals surface area contributed by atoms with E-state index >= 15 is 0 Å². The van der Waals surface area contributed by atoms with Gasteiger partial charge >= 0.3 is 0 Å². The van der Waals surface area contributed by atoms with Crippen LogP contribution in [0.4, 0.5) is 10.8 Å². The maximum absolute atomic E-state index is 12.2. The Balaban J connectivity index is 1.76. The van der Waals surface area contributed by atoms with E-state index in [-0.39, 0.29) is 24.1 Å². The maximum Gasteiger partial charge on any atom is 0.243 e. The molecule has 0 aliphatic heterocycles. The third kappa shape index (κ3) is 6.79. The number of thioether (sulfide) groups is 1. The van der Waals surface area contributed by atoms with Crippen LogP contribution in [0.2, 0.25) is 0 Å². The van der Waals surface area contributed by atoms with E-state index in [4.69, 9.17) is 0 Å². The first-order valence-electron chi connectivity index (χ1n) is 9.15. The van der Waals surface area contributed by atoms with Gasteiger partial charge in [0.05, 0.1) is 12.3 Å². The third-order valence-electron chi connectivity index (χ3n) is 4.10. The molecule has 3 N–H and O–H groups in total. The fourth-order valence-electron chi connectivity index (χ4n) is 2.56. The quantitative estimate of drug-likeness (QED) is 0.536. The van der Waals surface area contributed by atoms with E-state index in [9.17, 15) is 9.59 Å². The number of nitrogens with zero attached hydrogens (tertiary/aromatic N) is 2. The second-order valence-corrected chi connectivity index (χ2v) is 8.91. The first kappa shape index (κ1) is 22.2. The fraction of sp³-hybridized carbons (Fsp3) is 0.474. The van der Waals surface area contributed by atoms with E-state index in [0.717, 1.165) is 38.3 Å². The Labute approximate surface area is 174 Å². The lowest BCUT2D eigenvalue weighted by molar-refractivity contribution is -0.122. The highest BCUT2D eigenvalue weighted by atomic mass is 32.2. The van der Waals surface area contributed by atoms with Crippen molar-refractivity contribution >= 4 is 45.7 Å². The van der Waals surface area contributed by atoms with Crippen LogP contribution in [0.1, 0.15) is 37.0 Å². The molecule has 2 aromatic rings. The van der Waals surface area contributed by atoms with Crippen molar-refractivity contribution in [2.75, 3.05) is 22.9 Å². The normalized spacial score (nSPS) is 11.8. The van der Waals surface area contributed by atoms with Gasteiger partial charge in [0.2, 0.25) is 16.9 Å². The highest BCUT2D eigenvalue weighted by Crippen LogP contribution is 2.26. The predicted octanol–water partition coefficient (Wildman–Crippen LogP) is 3.52. The molecule has 2 amide bonds. The molecule has 0 unspecified atom stereocenters. The van der Waals surface area contributed by atoms with Crippen molar-refractivity contribution in [1.29, 1.82) is 0 Å². The lowest BCUT2D eigenvalue weighted by Crippen LogP contribution is -2.34. The highest BCUT2D eigenvalue weighted by Gasteiger charge is 2.12. The van der Waals surface area contributed by atoms with Gasteiger partial charge in [-0.1, -0.05) is 47.7 Å². The number of aryl methyl sites for hydroxylation is 3. The lowest BCUT2D eigenvalue weighted by Gasteiger charge is -2.13. The molecule has 0 spiro atoms. The van der Waals surface area contributed by atoms with Gasteiger partial charge in [-0.15, -0.1) is 10.2 Å². The first-order chi connectivity index (χ1) is 13.3. The number of amides is 2. The van der Waals surface area contributed by atoms with Crippen LogP contribution in [0.25, 0.3) is 0 Å². The number of aromatic nitrogens is 2. The summed E-state index contributed by atoms with van der Waals surface area (Å²) >= 11 is 2.73. The van der Waals surface area contributed by atoms with Crippen LogP contribution in [-0.2, 0) is 9.59 Å². The smallest absolute Gasteiger partial charge is 0.243 e. The standard InChI is InChI=1S/C19H27N5O2S2/c1-6-14(5)21-18-23-24-19(28-18)27-10-16(26)20-9-15(25)22-17-12(3)7-11(2)8-13(17)4/h7-8,14H,6,9-10H2,1-5H3,(H,20,26)(H,21,23)(H,22,25)/t14-/m0/s1. The van der Waals surface area contributed by atoms with Gasteiger partial charge < -0.3 is 16.0 Å². The number of rotatable bonds is 9. The largest absolute Gasteiger partial charge is 0.358 e. The molecule has 1 aromatic carbocycles. The molecule has 0 saturated carbocycles. The van der Waals surface area contributed by atoms with E-state index in [1.165, 1.54) is 23.1 Å². The molecule has 0 bridgehead atoms. The zero-order valence-corrected chi connectivity index (χ0v) is 18.5. The Morgan fingerprint density at radius 1 is 1.14 bits per heavy atom. The number of anilines is 2. The number of carbonyl (C=O) groups excluding carboxylic acids is 2. The summed E-state index contributed by atoms with van der Waals surface area (Å²) in [5.41, 5.74) is 3.96. The van der Waals surface area contributed by atoms with Crippen LogP contribution >= 0.6 is 23.1 Å². The summed E-state index contributed by atoms with van der Waals surface area (Å²) in [6.07, 6.45) is 0.994. The number of nitrogens with one attached hydrogen (secondary N) is 3. The predicted molar refractivity (Wildman–Crippen MR) is 116 cm³/mol. The SMILES string of the molecule is CC[C@H](C)Nc1nnc(SCC(=O)NCC(=O)Nc2c(C)cc(C)cc2C)s1. The summed E-state index contributed by atoms with van der Waals surface area (Å²) in [5.74, 6) is -0.276. The average Bonchev–Trinajstić information content (AvgIpc) is 3.08. The van der Waals surface area contributed by atoms with Crippen molar-refractivity contribution in [2.45, 2.75) is 51.4 Å². The molecule has 0 radical (unpaired) electrons. The molecule has 1 atom stereocenters. The topological polar surface area (TPSA) is 96.0 Å². The van der Waals surface area contributed by atoms with Crippen molar-refractivity contribution < 1.29 is 9.59 Å². The van der Waals surface area contributed by atoms with Crippen LogP contribution in [0.5, 0.6) is 0 Å². The lowest BCUT2D eigenvalue weighted by atomic mass is 10.1. The summed E-state index contributed by atoms with van der Waals surface area (Å²) in [7, 11) is 0. The molecule has 0 fully saturated rings. The molecule has 7 nitrogen and oxygen atoms in total. The highest BCUT2D eigenvalue weighted by molar-refractivity contribution is 8.01. The summed E-state index contributed by atoms with van der Waals surface area (Å²) in [4.78, 5) is 24.2. The van der Waals surface area contributed by atoms with Gasteiger partial charge in [0.25, 0.3) is 0 Å². The van der Waals surface area contributed by atoms with Gasteiger partial charge in [-0.25, -0.2) is 0 Å². The third-order valence-corrected chi connectivity index (χ3v) is 6.09. The summed E-state index contributed by atoms with van der Waals surface area (Å²) in [6.45, 7) is 10.0. The molecule has 152 valence electrons. The monoisotopic (exact) mass is 421 g/mol. The minimum absolute atomic E-state index is 0.0664. The van der Waals surface area contributed by atoms with Crippen molar-refractivity contribution in [2.24, 2.45) is 0 Å². The Morgan fingerprint density at radius 3 is 2.46 bits per heavy atom. The van der Waals surface area contributed by atoms with E-state index in [1.54, 1.807) is 0 Å². The molecular weight excluding hydrogens is 394 g/mol. The Hall–Kier alpha value is -2.13. The molecule has 0 aliphatic carbocycles. The molecule has 0 saturated heterocycles. The minimum atomic E-state index is -0.246. The van der Waals surface area contributed by atoms with Crippen LogP contribution in [0.3, 0.4) is 0 Å². The van der Waals surface area contributed by atoms with Crippen LogP contribution in [-0.4, -0.2) is 40.4 Å². The van der Waals surface area contributed by atoms with Crippen LogP contribution in [0.15, 0.2) is 16.5 Å². The number of hydrogen-bond acceptors (Lipinski definition) is 7. The Morgan fingerprint density at radius 2 is 1.82 bits per heavy atom. The summed E-state index contributed by atoms with van der Waals surface area (Å²) < 4.78 is 0.719. The van der Waals surface area contributed by atoms with Crippen LogP contribution in [0, 0.1) is 20.8 Å². The van der Waals surface area contributed by atoms with Gasteiger partial charge in [-0.05, 0) is 45.2 Å². The maximum atomic E-state index is 12.2. The van der Waals surface area contributed by atoms with Gasteiger partial charge in [-0.3, -0.25) is 9.59 Å². The zero-order valence-electron chi connectivity index (χ0n) is 16.9. The molecule has 0 aliphatic rings. The van der Waals surface area contributed by atoms with Gasteiger partial charge in [0.1, 0.15) is 0 Å². The number of hydrogen-bond donors (Lipinski definition) is 3. The molecule has 2 rings (SSSR count). The molecule has 1 aromatic heterocycles. The number of carbonyl (C=O) groups is 2. The molecule has 9 heteroatoms. The first-order valence-corrected chi connectivity index (χ1v) is 11.0. The van der Waals surface area contributed by atoms with Crippen LogP contribution < -0.4 is 16.0 Å². The van der Waals surface area contributed by atoms with Gasteiger partial charge in [-0.2, -0.15) is 0 Å². The van der Waals surface area contributed by atoms with Crippen molar-refractivity contribution in [3.05, 3.63) is 28.8 Å². The molecular formula is C19H27N5O2S2. The second kappa shape index (κ2) is 10.4. The number of benzene rings is 1. The van der Waals surface area contributed by atoms with Crippen molar-refractivity contribution in [3.8, 4) is 0 Å². The average molecular weight is 422 g/mol. The van der Waals surface area contributed by atoms with Crippen molar-refractivity contribution in [3.63, 3.8) is 0 Å². The summed E-state index contributed by atoms with van der Waals surface area (Å²) in [6, 6.07) is 4.36. The molecule has 28 heavy (non-hydrogen) atoms. The van der Waals surface area contributed by atoms with E-state index < -0.39 is 0 Å². The summed E-state index contributed by atoms with van der Waals surface area (Å²) in [5, 5.41) is 17.6. The van der Waals surface area contributed by atoms with Gasteiger partial charge in [0, 0.05) is 11.7 Å². The second-order valence-electron chi connectivity index (χ2n) is 6.71. The van der Waals surface area contributed by atoms with E-state index in [1.807, 2.05) is 32.9 Å². The van der Waals surface area contributed by atoms with Crippen molar-refractivity contribution in [1.82, 2.24) is 15.5 Å². The van der Waals surface area contributed by atoms with Gasteiger partial charge in [0.15, 0.2) is 4.34 Å². The van der Waals surface area contributed by atoms with E-state index in [0.29, 0.717) is 6.04 Å². The Kier molecular flexibility index (Phi) is 8.25.